The normalized spacial score (nSPS) is 24.2. The number of amides is 2. The Morgan fingerprint density at radius 3 is 2.54 bits per heavy atom. The van der Waals surface area contributed by atoms with E-state index in [0.29, 0.717) is 31.9 Å². The van der Waals surface area contributed by atoms with Gasteiger partial charge in [0.2, 0.25) is 5.91 Å². The van der Waals surface area contributed by atoms with Crippen molar-refractivity contribution in [2.45, 2.75) is 39.2 Å². The molecule has 0 spiro atoms. The highest BCUT2D eigenvalue weighted by atomic mass is 35.5. The van der Waals surface area contributed by atoms with Crippen LogP contribution >= 0.6 is 12.4 Å². The van der Waals surface area contributed by atoms with E-state index in [4.69, 9.17) is 10.5 Å². The number of carbonyl (C=O) groups excluding carboxylic acids is 2. The molecule has 2 saturated heterocycles. The average molecular weight is 410 g/mol. The van der Waals surface area contributed by atoms with Crippen molar-refractivity contribution in [1.82, 2.24) is 9.80 Å². The number of hydrogen-bond donors (Lipinski definition) is 1. The summed E-state index contributed by atoms with van der Waals surface area (Å²) in [6, 6.07) is 9.45. The Balaban J connectivity index is 0.00000280. The topological polar surface area (TPSA) is 75.9 Å². The molecule has 2 heterocycles. The lowest BCUT2D eigenvalue weighted by molar-refractivity contribution is -0.144. The lowest BCUT2D eigenvalue weighted by Gasteiger charge is -2.44. The number of hydrogen-bond acceptors (Lipinski definition) is 4. The van der Waals surface area contributed by atoms with Crippen molar-refractivity contribution in [3.8, 4) is 5.75 Å². The highest BCUT2D eigenvalue weighted by Gasteiger charge is 2.38. The molecule has 2 aliphatic heterocycles. The lowest BCUT2D eigenvalue weighted by atomic mass is 9.79. The van der Waals surface area contributed by atoms with Crippen molar-refractivity contribution in [1.29, 1.82) is 0 Å². The van der Waals surface area contributed by atoms with E-state index in [-0.39, 0.29) is 48.2 Å². The molecule has 2 amide bonds. The summed E-state index contributed by atoms with van der Waals surface area (Å²) in [5.41, 5.74) is 6.12. The maximum absolute atomic E-state index is 13.0. The Morgan fingerprint density at radius 2 is 1.86 bits per heavy atom. The van der Waals surface area contributed by atoms with Gasteiger partial charge in [-0.2, -0.15) is 0 Å². The molecule has 0 radical (unpaired) electrons. The zero-order valence-corrected chi connectivity index (χ0v) is 17.6. The molecule has 156 valence electrons. The van der Waals surface area contributed by atoms with E-state index in [2.05, 4.69) is 13.8 Å². The maximum atomic E-state index is 13.0. The number of likely N-dealkylation sites (tertiary alicyclic amines) is 2. The fourth-order valence-corrected chi connectivity index (χ4v) is 3.98. The van der Waals surface area contributed by atoms with E-state index < -0.39 is 0 Å². The Hall–Kier alpha value is -1.79. The van der Waals surface area contributed by atoms with E-state index in [1.54, 1.807) is 4.90 Å². The van der Waals surface area contributed by atoms with Crippen LogP contribution in [0, 0.1) is 11.3 Å². The molecule has 1 aromatic rings. The molecule has 1 aromatic carbocycles. The number of para-hydroxylation sites is 1. The quantitative estimate of drug-likeness (QED) is 0.827. The molecular weight excluding hydrogens is 378 g/mol. The standard InChI is InChI=1S/C21H31N3O3.ClH/c1-21(2)15-24(12-10-18(21)22)20(26)16-7-6-11-23(13-16)19(25)14-27-17-8-4-3-5-9-17;/h3-5,8-9,16,18H,6-7,10-15,22H2,1-2H3;1H. The van der Waals surface area contributed by atoms with Gasteiger partial charge in [0.05, 0.1) is 5.92 Å². The van der Waals surface area contributed by atoms with Gasteiger partial charge in [-0.3, -0.25) is 9.59 Å². The van der Waals surface area contributed by atoms with Crippen LogP contribution in [0.5, 0.6) is 5.75 Å². The van der Waals surface area contributed by atoms with E-state index in [0.717, 1.165) is 19.3 Å². The number of rotatable bonds is 4. The van der Waals surface area contributed by atoms with Crippen LogP contribution in [-0.4, -0.2) is 60.4 Å². The van der Waals surface area contributed by atoms with Gasteiger partial charge < -0.3 is 20.3 Å². The van der Waals surface area contributed by atoms with Crippen LogP contribution < -0.4 is 10.5 Å². The summed E-state index contributed by atoms with van der Waals surface area (Å²) < 4.78 is 5.57. The first-order valence-corrected chi connectivity index (χ1v) is 9.87. The zero-order chi connectivity index (χ0) is 19.4. The second-order valence-corrected chi connectivity index (χ2v) is 8.42. The Kier molecular flexibility index (Phi) is 7.72. The Morgan fingerprint density at radius 1 is 1.14 bits per heavy atom. The number of carbonyl (C=O) groups is 2. The summed E-state index contributed by atoms with van der Waals surface area (Å²) >= 11 is 0. The molecule has 3 rings (SSSR count). The van der Waals surface area contributed by atoms with E-state index in [1.165, 1.54) is 0 Å². The van der Waals surface area contributed by atoms with Crippen LogP contribution in [0.4, 0.5) is 0 Å². The number of piperidine rings is 2. The van der Waals surface area contributed by atoms with Gasteiger partial charge in [0.25, 0.3) is 5.91 Å². The molecule has 2 atom stereocenters. The van der Waals surface area contributed by atoms with Crippen molar-refractivity contribution in [3.05, 3.63) is 30.3 Å². The molecule has 0 bridgehead atoms. The van der Waals surface area contributed by atoms with Crippen molar-refractivity contribution in [2.75, 3.05) is 32.8 Å². The minimum atomic E-state index is -0.121. The molecule has 2 unspecified atom stereocenters. The molecule has 2 N–H and O–H groups in total. The van der Waals surface area contributed by atoms with Crippen LogP contribution in [0.25, 0.3) is 0 Å². The summed E-state index contributed by atoms with van der Waals surface area (Å²) in [6.45, 7) is 6.83. The number of ether oxygens (including phenoxy) is 1. The fourth-order valence-electron chi connectivity index (χ4n) is 3.98. The van der Waals surface area contributed by atoms with E-state index in [9.17, 15) is 9.59 Å². The van der Waals surface area contributed by atoms with Crippen molar-refractivity contribution < 1.29 is 14.3 Å². The summed E-state index contributed by atoms with van der Waals surface area (Å²) in [5.74, 6) is 0.667. The SMILES string of the molecule is CC1(C)CN(C(=O)C2CCCN(C(=O)COc3ccccc3)C2)CCC1N.Cl. The van der Waals surface area contributed by atoms with E-state index in [1.807, 2.05) is 35.2 Å². The van der Waals surface area contributed by atoms with Gasteiger partial charge in [0.1, 0.15) is 5.75 Å². The largest absolute Gasteiger partial charge is 0.484 e. The second-order valence-electron chi connectivity index (χ2n) is 8.42. The van der Waals surface area contributed by atoms with Gasteiger partial charge in [-0.25, -0.2) is 0 Å². The number of halogens is 1. The third-order valence-electron chi connectivity index (χ3n) is 5.85. The lowest BCUT2D eigenvalue weighted by Crippen LogP contribution is -2.56. The van der Waals surface area contributed by atoms with Gasteiger partial charge in [-0.15, -0.1) is 12.4 Å². The smallest absolute Gasteiger partial charge is 0.260 e. The Bertz CT molecular complexity index is 668. The molecule has 2 fully saturated rings. The molecule has 0 aromatic heterocycles. The van der Waals surface area contributed by atoms with Gasteiger partial charge in [-0.05, 0) is 36.8 Å². The zero-order valence-electron chi connectivity index (χ0n) is 16.8. The highest BCUT2D eigenvalue weighted by Crippen LogP contribution is 2.30. The predicted molar refractivity (Wildman–Crippen MR) is 111 cm³/mol. The molecule has 28 heavy (non-hydrogen) atoms. The fraction of sp³-hybridized carbons (Fsp3) is 0.619. The number of nitrogens with two attached hydrogens (primary N) is 1. The van der Waals surface area contributed by atoms with E-state index >= 15 is 0 Å². The highest BCUT2D eigenvalue weighted by molar-refractivity contribution is 5.85. The second kappa shape index (κ2) is 9.61. The first kappa shape index (κ1) is 22.5. The van der Waals surface area contributed by atoms with Crippen LogP contribution in [0.3, 0.4) is 0 Å². The molecular formula is C21H32ClN3O3. The summed E-state index contributed by atoms with van der Waals surface area (Å²) in [6.07, 6.45) is 2.52. The summed E-state index contributed by atoms with van der Waals surface area (Å²) in [5, 5.41) is 0. The first-order valence-electron chi connectivity index (χ1n) is 9.87. The predicted octanol–water partition coefficient (Wildman–Crippen LogP) is 2.31. The number of nitrogens with zero attached hydrogens (tertiary/aromatic N) is 2. The summed E-state index contributed by atoms with van der Waals surface area (Å²) in [7, 11) is 0. The first-order chi connectivity index (χ1) is 12.9. The van der Waals surface area contributed by atoms with Crippen LogP contribution in [-0.2, 0) is 9.59 Å². The minimum Gasteiger partial charge on any atom is -0.484 e. The average Bonchev–Trinajstić information content (AvgIpc) is 2.68. The van der Waals surface area contributed by atoms with Gasteiger partial charge in [0.15, 0.2) is 6.61 Å². The molecule has 0 aliphatic carbocycles. The molecule has 0 saturated carbocycles. The van der Waals surface area contributed by atoms with Gasteiger partial charge in [0, 0.05) is 32.2 Å². The van der Waals surface area contributed by atoms with Crippen LogP contribution in [0.15, 0.2) is 30.3 Å². The molecule has 2 aliphatic rings. The van der Waals surface area contributed by atoms with Crippen molar-refractivity contribution in [2.24, 2.45) is 17.1 Å². The van der Waals surface area contributed by atoms with Crippen LogP contribution in [0.1, 0.15) is 33.1 Å². The number of benzene rings is 1. The van der Waals surface area contributed by atoms with Gasteiger partial charge >= 0.3 is 0 Å². The monoisotopic (exact) mass is 409 g/mol. The van der Waals surface area contributed by atoms with Crippen molar-refractivity contribution in [3.63, 3.8) is 0 Å². The van der Waals surface area contributed by atoms with Crippen molar-refractivity contribution >= 4 is 24.2 Å². The molecule has 7 heteroatoms. The molecule has 6 nitrogen and oxygen atoms in total. The minimum absolute atomic E-state index is 0. The van der Waals surface area contributed by atoms with Gasteiger partial charge in [-0.1, -0.05) is 32.0 Å². The third-order valence-corrected chi connectivity index (χ3v) is 5.85. The Labute approximate surface area is 173 Å². The maximum Gasteiger partial charge on any atom is 0.260 e. The summed E-state index contributed by atoms with van der Waals surface area (Å²) in [4.78, 5) is 29.3. The van der Waals surface area contributed by atoms with Crippen LogP contribution in [0.2, 0.25) is 0 Å². The third kappa shape index (κ3) is 5.39.